The van der Waals surface area contributed by atoms with Crippen molar-refractivity contribution in [3.8, 4) is 11.5 Å². The van der Waals surface area contributed by atoms with Gasteiger partial charge in [-0.25, -0.2) is 0 Å². The second-order valence-corrected chi connectivity index (χ2v) is 7.25. The SMILES string of the molecule is COc1ccc(/C=C/C(=O)c2cccc(O)c2)cc1Cn1nc(C)c(Br)c1C. The lowest BCUT2D eigenvalue weighted by Crippen LogP contribution is -2.06. The molecule has 0 atom stereocenters. The third-order valence-corrected chi connectivity index (χ3v) is 5.62. The molecule has 0 amide bonds. The number of allylic oxidation sites excluding steroid dienone is 1. The van der Waals surface area contributed by atoms with E-state index in [1.807, 2.05) is 36.7 Å². The first-order chi connectivity index (χ1) is 13.4. The van der Waals surface area contributed by atoms with Gasteiger partial charge in [0.05, 0.1) is 29.5 Å². The Morgan fingerprint density at radius 1 is 1.25 bits per heavy atom. The number of hydrogen-bond acceptors (Lipinski definition) is 4. The minimum Gasteiger partial charge on any atom is -0.508 e. The van der Waals surface area contributed by atoms with E-state index in [4.69, 9.17) is 4.74 Å². The highest BCUT2D eigenvalue weighted by Gasteiger charge is 2.12. The van der Waals surface area contributed by atoms with Gasteiger partial charge in [0.1, 0.15) is 11.5 Å². The van der Waals surface area contributed by atoms with Crippen molar-refractivity contribution in [2.75, 3.05) is 7.11 Å². The number of phenols is 1. The predicted octanol–water partition coefficient (Wildman–Crippen LogP) is 4.92. The highest BCUT2D eigenvalue weighted by Crippen LogP contribution is 2.25. The van der Waals surface area contributed by atoms with Crippen molar-refractivity contribution in [3.05, 3.63) is 81.1 Å². The van der Waals surface area contributed by atoms with Crippen molar-refractivity contribution in [2.24, 2.45) is 0 Å². The molecule has 6 heteroatoms. The summed E-state index contributed by atoms with van der Waals surface area (Å²) in [5.74, 6) is 0.665. The van der Waals surface area contributed by atoms with Gasteiger partial charge < -0.3 is 9.84 Å². The molecule has 0 fully saturated rings. The van der Waals surface area contributed by atoms with E-state index >= 15 is 0 Å². The zero-order valence-corrected chi connectivity index (χ0v) is 17.5. The third-order valence-electron chi connectivity index (χ3n) is 4.48. The summed E-state index contributed by atoms with van der Waals surface area (Å²) in [7, 11) is 1.64. The van der Waals surface area contributed by atoms with E-state index in [9.17, 15) is 9.90 Å². The number of aryl methyl sites for hydroxylation is 1. The van der Waals surface area contributed by atoms with Crippen LogP contribution in [0.5, 0.6) is 11.5 Å². The fraction of sp³-hybridized carbons (Fsp3) is 0.182. The largest absolute Gasteiger partial charge is 0.508 e. The van der Waals surface area contributed by atoms with E-state index in [2.05, 4.69) is 21.0 Å². The number of carbonyl (C=O) groups is 1. The minimum absolute atomic E-state index is 0.0713. The van der Waals surface area contributed by atoms with E-state index in [1.54, 1.807) is 25.3 Å². The fourth-order valence-electron chi connectivity index (χ4n) is 2.94. The summed E-state index contributed by atoms with van der Waals surface area (Å²) >= 11 is 3.55. The lowest BCUT2D eigenvalue weighted by molar-refractivity contribution is 0.104. The Morgan fingerprint density at radius 2 is 2.04 bits per heavy atom. The van der Waals surface area contributed by atoms with Crippen molar-refractivity contribution in [3.63, 3.8) is 0 Å². The topological polar surface area (TPSA) is 64.3 Å². The normalized spacial score (nSPS) is 11.1. The van der Waals surface area contributed by atoms with Crippen LogP contribution in [0.25, 0.3) is 6.08 Å². The summed E-state index contributed by atoms with van der Waals surface area (Å²) in [6.45, 7) is 4.52. The van der Waals surface area contributed by atoms with Gasteiger partial charge in [-0.05, 0) is 65.7 Å². The number of hydrogen-bond donors (Lipinski definition) is 1. The monoisotopic (exact) mass is 440 g/mol. The average molecular weight is 441 g/mol. The number of rotatable bonds is 6. The van der Waals surface area contributed by atoms with Gasteiger partial charge in [-0.3, -0.25) is 9.48 Å². The van der Waals surface area contributed by atoms with Gasteiger partial charge in [0.2, 0.25) is 0 Å². The van der Waals surface area contributed by atoms with Gasteiger partial charge in [-0.2, -0.15) is 5.10 Å². The molecular weight excluding hydrogens is 420 g/mol. The van der Waals surface area contributed by atoms with Crippen LogP contribution in [0.4, 0.5) is 0 Å². The molecule has 5 nitrogen and oxygen atoms in total. The molecule has 0 unspecified atom stereocenters. The molecule has 2 aromatic carbocycles. The molecule has 3 rings (SSSR count). The summed E-state index contributed by atoms with van der Waals surface area (Å²) in [4.78, 5) is 12.3. The number of aromatic hydroxyl groups is 1. The standard InChI is InChI=1S/C22H21BrN2O3/c1-14-22(23)15(2)25(24-14)13-18-11-16(8-10-21(18)28-3)7-9-20(27)17-5-4-6-19(26)12-17/h4-12,26H,13H2,1-3H3/b9-7+. The van der Waals surface area contributed by atoms with Crippen LogP contribution < -0.4 is 4.74 Å². The molecule has 1 N–H and O–H groups in total. The Balaban J connectivity index is 1.86. The van der Waals surface area contributed by atoms with Crippen LogP contribution in [-0.4, -0.2) is 27.8 Å². The summed E-state index contributed by atoms with van der Waals surface area (Å²) in [5, 5.41) is 14.1. The maximum atomic E-state index is 12.3. The number of ketones is 1. The number of benzene rings is 2. The first kappa shape index (κ1) is 19.9. The number of methoxy groups -OCH3 is 1. The van der Waals surface area contributed by atoms with Crippen LogP contribution in [0.15, 0.2) is 53.0 Å². The molecule has 0 aliphatic carbocycles. The Labute approximate surface area is 172 Å². The Kier molecular flexibility index (Phi) is 5.99. The van der Waals surface area contributed by atoms with Crippen LogP contribution >= 0.6 is 15.9 Å². The van der Waals surface area contributed by atoms with Crippen molar-refractivity contribution >= 4 is 27.8 Å². The maximum absolute atomic E-state index is 12.3. The molecule has 0 aliphatic rings. The average Bonchev–Trinajstić information content (AvgIpc) is 2.93. The third kappa shape index (κ3) is 4.34. The molecule has 0 aliphatic heterocycles. The van der Waals surface area contributed by atoms with Crippen LogP contribution in [0, 0.1) is 13.8 Å². The van der Waals surface area contributed by atoms with Crippen molar-refractivity contribution < 1.29 is 14.6 Å². The maximum Gasteiger partial charge on any atom is 0.185 e. The summed E-state index contributed by atoms with van der Waals surface area (Å²) in [6, 6.07) is 12.1. The van der Waals surface area contributed by atoms with Gasteiger partial charge in [-0.1, -0.05) is 24.3 Å². The fourth-order valence-corrected chi connectivity index (χ4v) is 3.23. The van der Waals surface area contributed by atoms with E-state index in [0.29, 0.717) is 12.1 Å². The summed E-state index contributed by atoms with van der Waals surface area (Å²) in [6.07, 6.45) is 3.26. The van der Waals surface area contributed by atoms with Crippen LogP contribution in [-0.2, 0) is 6.54 Å². The number of ether oxygens (including phenoxy) is 1. The first-order valence-corrected chi connectivity index (χ1v) is 9.56. The number of halogens is 1. The highest BCUT2D eigenvalue weighted by atomic mass is 79.9. The molecule has 1 aromatic heterocycles. The zero-order chi connectivity index (χ0) is 20.3. The van der Waals surface area contributed by atoms with Gasteiger partial charge in [0, 0.05) is 11.1 Å². The van der Waals surface area contributed by atoms with Gasteiger partial charge in [0.25, 0.3) is 0 Å². The zero-order valence-electron chi connectivity index (χ0n) is 15.9. The number of phenolic OH excluding ortho intramolecular Hbond substituents is 1. The van der Waals surface area contributed by atoms with Crippen molar-refractivity contribution in [1.29, 1.82) is 0 Å². The number of aromatic nitrogens is 2. The van der Waals surface area contributed by atoms with Crippen molar-refractivity contribution in [2.45, 2.75) is 20.4 Å². The molecule has 0 saturated carbocycles. The van der Waals surface area contributed by atoms with E-state index in [-0.39, 0.29) is 11.5 Å². The molecule has 0 spiro atoms. The summed E-state index contributed by atoms with van der Waals surface area (Å²) in [5.41, 5.74) is 4.26. The van der Waals surface area contributed by atoms with Crippen LogP contribution in [0.2, 0.25) is 0 Å². The van der Waals surface area contributed by atoms with Gasteiger partial charge in [0.15, 0.2) is 5.78 Å². The highest BCUT2D eigenvalue weighted by molar-refractivity contribution is 9.10. The van der Waals surface area contributed by atoms with Gasteiger partial charge in [-0.15, -0.1) is 0 Å². The second kappa shape index (κ2) is 8.44. The molecule has 1 heterocycles. The van der Waals surface area contributed by atoms with Crippen LogP contribution in [0.3, 0.4) is 0 Å². The molecule has 28 heavy (non-hydrogen) atoms. The van der Waals surface area contributed by atoms with Gasteiger partial charge >= 0.3 is 0 Å². The molecule has 3 aromatic rings. The molecular formula is C22H21BrN2O3. The van der Waals surface area contributed by atoms with Crippen LogP contribution in [0.1, 0.15) is 32.9 Å². The predicted molar refractivity (Wildman–Crippen MR) is 113 cm³/mol. The summed E-state index contributed by atoms with van der Waals surface area (Å²) < 4.78 is 8.40. The molecule has 0 saturated heterocycles. The molecule has 144 valence electrons. The van der Waals surface area contributed by atoms with Crippen molar-refractivity contribution in [1.82, 2.24) is 9.78 Å². The first-order valence-electron chi connectivity index (χ1n) is 8.77. The Bertz CT molecular complexity index is 1050. The molecule has 0 radical (unpaired) electrons. The Hall–Kier alpha value is -2.86. The smallest absolute Gasteiger partial charge is 0.185 e. The Morgan fingerprint density at radius 3 is 2.68 bits per heavy atom. The van der Waals surface area contributed by atoms with E-state index in [0.717, 1.165) is 32.7 Å². The molecule has 0 bridgehead atoms. The van der Waals surface area contributed by atoms with E-state index < -0.39 is 0 Å². The number of carbonyl (C=O) groups excluding carboxylic acids is 1. The minimum atomic E-state index is -0.171. The van der Waals surface area contributed by atoms with E-state index in [1.165, 1.54) is 18.2 Å². The lowest BCUT2D eigenvalue weighted by atomic mass is 10.1. The lowest BCUT2D eigenvalue weighted by Gasteiger charge is -2.11. The second-order valence-electron chi connectivity index (χ2n) is 6.46. The quantitative estimate of drug-likeness (QED) is 0.436. The number of nitrogens with zero attached hydrogens (tertiary/aromatic N) is 2.